The standard InChI is InChI=1S/C20H25F3N2O2S/c1-12(2)10-25-11-17(16-8-5-14(9-18(16)25)13-3-4-13)19(20(21,22)23)24-28(26,27)15-6-7-15/h5,8-9,11-13,15,19,24H,3-4,6-7,10H2,1-2H3. The van der Waals surface area contributed by atoms with E-state index in [4.69, 9.17) is 0 Å². The van der Waals surface area contributed by atoms with Crippen LogP contribution in [0.15, 0.2) is 24.4 Å². The van der Waals surface area contributed by atoms with Gasteiger partial charge in [0, 0.05) is 29.2 Å². The molecule has 2 aliphatic carbocycles. The molecule has 0 bridgehead atoms. The van der Waals surface area contributed by atoms with Gasteiger partial charge in [0.05, 0.1) is 5.25 Å². The van der Waals surface area contributed by atoms with Gasteiger partial charge < -0.3 is 4.57 Å². The van der Waals surface area contributed by atoms with E-state index in [1.165, 1.54) is 6.20 Å². The molecule has 1 N–H and O–H groups in total. The van der Waals surface area contributed by atoms with Crippen LogP contribution in [0.2, 0.25) is 0 Å². The number of hydrogen-bond donors (Lipinski definition) is 1. The summed E-state index contributed by atoms with van der Waals surface area (Å²) in [6.07, 6.45) is -0.187. The van der Waals surface area contributed by atoms with Crippen molar-refractivity contribution in [2.75, 3.05) is 0 Å². The first-order valence-electron chi connectivity index (χ1n) is 9.77. The lowest BCUT2D eigenvalue weighted by Gasteiger charge is -2.21. The lowest BCUT2D eigenvalue weighted by molar-refractivity contribution is -0.152. The number of halogens is 3. The molecule has 154 valence electrons. The molecule has 4 rings (SSSR count). The van der Waals surface area contributed by atoms with E-state index in [1.807, 2.05) is 35.3 Å². The van der Waals surface area contributed by atoms with Crippen LogP contribution in [0, 0.1) is 5.92 Å². The molecule has 2 saturated carbocycles. The minimum atomic E-state index is -4.71. The van der Waals surface area contributed by atoms with Crippen LogP contribution in [0.5, 0.6) is 0 Å². The zero-order valence-electron chi connectivity index (χ0n) is 16.0. The van der Waals surface area contributed by atoms with Crippen molar-refractivity contribution >= 4 is 20.9 Å². The van der Waals surface area contributed by atoms with Crippen molar-refractivity contribution in [1.82, 2.24) is 9.29 Å². The number of fused-ring (bicyclic) bond motifs is 1. The van der Waals surface area contributed by atoms with E-state index in [9.17, 15) is 21.6 Å². The molecular formula is C20H25F3N2O2S. The van der Waals surface area contributed by atoms with Crippen molar-refractivity contribution in [2.24, 2.45) is 5.92 Å². The first kappa shape index (κ1) is 19.8. The summed E-state index contributed by atoms with van der Waals surface area (Å²) in [6.45, 7) is 4.59. The summed E-state index contributed by atoms with van der Waals surface area (Å²) in [5.74, 6) is 0.738. The summed E-state index contributed by atoms with van der Waals surface area (Å²) in [7, 11) is -3.99. The minimum Gasteiger partial charge on any atom is -0.347 e. The molecule has 0 radical (unpaired) electrons. The molecule has 0 spiro atoms. The molecule has 0 aliphatic heterocycles. The number of nitrogens with one attached hydrogen (secondary N) is 1. The van der Waals surface area contributed by atoms with Crippen LogP contribution in [0.25, 0.3) is 10.9 Å². The number of rotatable bonds is 7. The third kappa shape index (κ3) is 3.94. The number of aromatic nitrogens is 1. The topological polar surface area (TPSA) is 51.1 Å². The Kier molecular flexibility index (Phi) is 4.77. The molecule has 2 fully saturated rings. The monoisotopic (exact) mass is 414 g/mol. The largest absolute Gasteiger partial charge is 0.408 e. The van der Waals surface area contributed by atoms with Crippen molar-refractivity contribution in [3.8, 4) is 0 Å². The van der Waals surface area contributed by atoms with Gasteiger partial charge in [0.15, 0.2) is 0 Å². The molecule has 1 aromatic carbocycles. The molecular weight excluding hydrogens is 389 g/mol. The molecule has 1 unspecified atom stereocenters. The van der Waals surface area contributed by atoms with E-state index in [-0.39, 0.29) is 11.5 Å². The third-order valence-corrected chi connectivity index (χ3v) is 7.34. The summed E-state index contributed by atoms with van der Waals surface area (Å²) in [5, 5.41) is -0.242. The molecule has 4 nitrogen and oxygen atoms in total. The zero-order chi connectivity index (χ0) is 20.3. The fourth-order valence-corrected chi connectivity index (χ4v) is 5.27. The highest BCUT2D eigenvalue weighted by atomic mass is 32.2. The number of benzene rings is 1. The van der Waals surface area contributed by atoms with E-state index in [0.717, 1.165) is 23.9 Å². The van der Waals surface area contributed by atoms with Crippen molar-refractivity contribution < 1.29 is 21.6 Å². The van der Waals surface area contributed by atoms with Crippen molar-refractivity contribution in [3.05, 3.63) is 35.5 Å². The summed E-state index contributed by atoms with van der Waals surface area (Å²) in [5.41, 5.74) is 1.87. The Morgan fingerprint density at radius 3 is 2.39 bits per heavy atom. The fourth-order valence-electron chi connectivity index (χ4n) is 3.73. The maximum absolute atomic E-state index is 13.9. The second-order valence-electron chi connectivity index (χ2n) is 8.52. The van der Waals surface area contributed by atoms with Gasteiger partial charge in [0.25, 0.3) is 0 Å². The zero-order valence-corrected chi connectivity index (χ0v) is 16.8. The first-order valence-corrected chi connectivity index (χ1v) is 11.3. The van der Waals surface area contributed by atoms with Gasteiger partial charge in [-0.2, -0.15) is 17.9 Å². The summed E-state index contributed by atoms with van der Waals surface area (Å²) < 4.78 is 70.1. The molecule has 1 aromatic heterocycles. The summed E-state index contributed by atoms with van der Waals surface area (Å²) in [4.78, 5) is 0. The summed E-state index contributed by atoms with van der Waals surface area (Å²) in [6, 6.07) is 3.34. The molecule has 2 aromatic rings. The number of nitrogens with zero attached hydrogens (tertiary/aromatic N) is 1. The number of alkyl halides is 3. The molecule has 0 saturated heterocycles. The maximum atomic E-state index is 13.9. The van der Waals surface area contributed by atoms with Crippen molar-refractivity contribution in [2.45, 2.75) is 69.5 Å². The first-order chi connectivity index (χ1) is 13.1. The van der Waals surface area contributed by atoms with Crippen LogP contribution in [0.4, 0.5) is 13.2 Å². The Balaban J connectivity index is 1.82. The van der Waals surface area contributed by atoms with Crippen LogP contribution in [-0.2, 0) is 16.6 Å². The SMILES string of the molecule is CC(C)Cn1cc(C(NS(=O)(=O)C2CC2)C(F)(F)F)c2ccc(C3CC3)cc21. The normalized spacial score (nSPS) is 19.5. The second-order valence-corrected chi connectivity index (χ2v) is 10.5. The molecule has 0 amide bonds. The third-order valence-electron chi connectivity index (χ3n) is 5.43. The van der Waals surface area contributed by atoms with E-state index >= 15 is 0 Å². The van der Waals surface area contributed by atoms with Gasteiger partial charge >= 0.3 is 6.18 Å². The molecule has 1 atom stereocenters. The van der Waals surface area contributed by atoms with E-state index in [0.29, 0.717) is 30.7 Å². The lowest BCUT2D eigenvalue weighted by atomic mass is 10.0. The average Bonchev–Trinajstić information content (AvgIpc) is 3.47. The van der Waals surface area contributed by atoms with Gasteiger partial charge in [-0.3, -0.25) is 0 Å². The minimum absolute atomic E-state index is 0.0188. The molecule has 2 aliphatic rings. The Hall–Kier alpha value is -1.54. The fraction of sp³-hybridized carbons (Fsp3) is 0.600. The predicted molar refractivity (Wildman–Crippen MR) is 103 cm³/mol. The lowest BCUT2D eigenvalue weighted by Crippen LogP contribution is -2.39. The second kappa shape index (κ2) is 6.76. The van der Waals surface area contributed by atoms with E-state index in [1.54, 1.807) is 6.07 Å². The van der Waals surface area contributed by atoms with Gasteiger partial charge in [0.2, 0.25) is 10.0 Å². The van der Waals surface area contributed by atoms with Crippen molar-refractivity contribution in [3.63, 3.8) is 0 Å². The van der Waals surface area contributed by atoms with Gasteiger partial charge in [-0.25, -0.2) is 8.42 Å². The van der Waals surface area contributed by atoms with Crippen LogP contribution in [0.3, 0.4) is 0 Å². The predicted octanol–water partition coefficient (Wildman–Crippen LogP) is 4.86. The van der Waals surface area contributed by atoms with E-state index < -0.39 is 27.5 Å². The Morgan fingerprint density at radius 1 is 1.18 bits per heavy atom. The van der Waals surface area contributed by atoms with Gasteiger partial charge in [-0.1, -0.05) is 26.0 Å². The smallest absolute Gasteiger partial charge is 0.347 e. The van der Waals surface area contributed by atoms with E-state index in [2.05, 4.69) is 0 Å². The van der Waals surface area contributed by atoms with Crippen LogP contribution in [-0.4, -0.2) is 24.4 Å². The number of hydrogen-bond acceptors (Lipinski definition) is 2. The van der Waals surface area contributed by atoms with Gasteiger partial charge in [-0.05, 0) is 49.1 Å². The quantitative estimate of drug-likeness (QED) is 0.703. The average molecular weight is 414 g/mol. The van der Waals surface area contributed by atoms with Crippen LogP contribution >= 0.6 is 0 Å². The van der Waals surface area contributed by atoms with Crippen molar-refractivity contribution in [1.29, 1.82) is 0 Å². The number of sulfonamides is 1. The maximum Gasteiger partial charge on any atom is 0.408 e. The summed E-state index contributed by atoms with van der Waals surface area (Å²) >= 11 is 0. The molecule has 28 heavy (non-hydrogen) atoms. The Bertz CT molecular complexity index is 987. The highest BCUT2D eigenvalue weighted by molar-refractivity contribution is 7.90. The highest BCUT2D eigenvalue weighted by Crippen LogP contribution is 2.43. The highest BCUT2D eigenvalue weighted by Gasteiger charge is 2.47. The molecule has 8 heteroatoms. The van der Waals surface area contributed by atoms with Crippen LogP contribution in [0.1, 0.15) is 62.6 Å². The van der Waals surface area contributed by atoms with Gasteiger partial charge in [0.1, 0.15) is 6.04 Å². The molecule has 1 heterocycles. The Labute approximate surface area is 163 Å². The van der Waals surface area contributed by atoms with Gasteiger partial charge in [-0.15, -0.1) is 0 Å². The Morgan fingerprint density at radius 2 is 1.86 bits per heavy atom. The van der Waals surface area contributed by atoms with Crippen LogP contribution < -0.4 is 4.72 Å².